The van der Waals surface area contributed by atoms with E-state index in [1.54, 1.807) is 0 Å². The summed E-state index contributed by atoms with van der Waals surface area (Å²) in [6, 6.07) is 0. The van der Waals surface area contributed by atoms with Gasteiger partial charge in [0.2, 0.25) is 5.91 Å². The molecule has 0 radical (unpaired) electrons. The van der Waals surface area contributed by atoms with Crippen LogP contribution in [0.1, 0.15) is 46.0 Å². The maximum absolute atomic E-state index is 12.2. The fourth-order valence-corrected chi connectivity index (χ4v) is 2.46. The number of carbonyl (C=O) groups is 1. The van der Waals surface area contributed by atoms with E-state index in [-0.39, 0.29) is 11.3 Å². The summed E-state index contributed by atoms with van der Waals surface area (Å²) in [5.41, 5.74) is -0.260. The van der Waals surface area contributed by atoms with Gasteiger partial charge in [0.15, 0.2) is 0 Å². The molecule has 1 aliphatic heterocycles. The van der Waals surface area contributed by atoms with E-state index in [0.717, 1.165) is 45.2 Å². The second-order valence-corrected chi connectivity index (χ2v) is 5.07. The van der Waals surface area contributed by atoms with Crippen LogP contribution < -0.4 is 10.6 Å². The molecule has 2 atom stereocenters. The highest BCUT2D eigenvalue weighted by atomic mass is 16.3. The quantitative estimate of drug-likeness (QED) is 0.652. The van der Waals surface area contributed by atoms with E-state index in [4.69, 9.17) is 0 Å². The lowest BCUT2D eigenvalue weighted by atomic mass is 9.77. The molecular formula is C13H26N2O2. The van der Waals surface area contributed by atoms with Gasteiger partial charge in [-0.1, -0.05) is 20.3 Å². The van der Waals surface area contributed by atoms with Crippen molar-refractivity contribution in [2.75, 3.05) is 19.6 Å². The zero-order chi connectivity index (χ0) is 12.7. The molecule has 1 rings (SSSR count). The molecule has 3 N–H and O–H groups in total. The van der Waals surface area contributed by atoms with E-state index in [1.807, 2.05) is 6.92 Å². The van der Waals surface area contributed by atoms with Crippen LogP contribution in [0.25, 0.3) is 0 Å². The number of carbonyl (C=O) groups excluding carboxylic acids is 1. The van der Waals surface area contributed by atoms with Crippen molar-refractivity contribution < 1.29 is 9.90 Å². The first-order chi connectivity index (χ1) is 8.14. The van der Waals surface area contributed by atoms with E-state index in [0.29, 0.717) is 6.54 Å². The summed E-state index contributed by atoms with van der Waals surface area (Å²) in [4.78, 5) is 12.2. The number of amides is 1. The van der Waals surface area contributed by atoms with Crippen molar-refractivity contribution in [3.8, 4) is 0 Å². The lowest BCUT2D eigenvalue weighted by Crippen LogP contribution is -2.51. The third-order valence-corrected chi connectivity index (χ3v) is 3.75. The van der Waals surface area contributed by atoms with Gasteiger partial charge in [0.25, 0.3) is 0 Å². The van der Waals surface area contributed by atoms with Crippen LogP contribution in [0.2, 0.25) is 0 Å². The Morgan fingerprint density at radius 3 is 2.82 bits per heavy atom. The standard InChI is InChI=1S/C13H26N2O2/c1-3-6-11(16)9-15-12(17)13(4-2)7-5-8-14-10-13/h11,14,16H,3-10H2,1-2H3,(H,15,17). The minimum absolute atomic E-state index is 0.0994. The number of hydrogen-bond acceptors (Lipinski definition) is 3. The van der Waals surface area contributed by atoms with Crippen LogP contribution in [0.4, 0.5) is 0 Å². The molecule has 1 saturated heterocycles. The summed E-state index contributed by atoms with van der Waals surface area (Å²) in [6.45, 7) is 6.25. The van der Waals surface area contributed by atoms with E-state index < -0.39 is 6.10 Å². The summed E-state index contributed by atoms with van der Waals surface area (Å²) in [5.74, 6) is 0.0994. The van der Waals surface area contributed by atoms with Crippen molar-refractivity contribution in [2.24, 2.45) is 5.41 Å². The van der Waals surface area contributed by atoms with E-state index in [9.17, 15) is 9.90 Å². The van der Waals surface area contributed by atoms with Crippen molar-refractivity contribution >= 4 is 5.91 Å². The summed E-state index contributed by atoms with van der Waals surface area (Å²) < 4.78 is 0. The maximum atomic E-state index is 12.2. The molecule has 4 heteroatoms. The molecule has 0 aromatic carbocycles. The van der Waals surface area contributed by atoms with Crippen LogP contribution in [-0.4, -0.2) is 36.8 Å². The lowest BCUT2D eigenvalue weighted by molar-refractivity contribution is -0.132. The number of aliphatic hydroxyl groups is 1. The summed E-state index contributed by atoms with van der Waals surface area (Å²) >= 11 is 0. The molecule has 0 saturated carbocycles. The Bertz CT molecular complexity index is 238. The summed E-state index contributed by atoms with van der Waals surface area (Å²) in [7, 11) is 0. The van der Waals surface area contributed by atoms with E-state index in [2.05, 4.69) is 17.6 Å². The van der Waals surface area contributed by atoms with Crippen molar-refractivity contribution in [2.45, 2.75) is 52.1 Å². The van der Waals surface area contributed by atoms with Crippen molar-refractivity contribution in [1.29, 1.82) is 0 Å². The van der Waals surface area contributed by atoms with Crippen LogP contribution in [0.15, 0.2) is 0 Å². The first-order valence-corrected chi connectivity index (χ1v) is 6.81. The third kappa shape index (κ3) is 3.96. The fourth-order valence-electron chi connectivity index (χ4n) is 2.46. The Morgan fingerprint density at radius 1 is 1.53 bits per heavy atom. The summed E-state index contributed by atoms with van der Waals surface area (Å²) in [5, 5.41) is 15.8. The van der Waals surface area contributed by atoms with Gasteiger partial charge in [0, 0.05) is 13.1 Å². The molecule has 1 heterocycles. The molecular weight excluding hydrogens is 216 g/mol. The fraction of sp³-hybridized carbons (Fsp3) is 0.923. The van der Waals surface area contributed by atoms with Crippen LogP contribution in [0.5, 0.6) is 0 Å². The minimum Gasteiger partial charge on any atom is -0.391 e. The lowest BCUT2D eigenvalue weighted by Gasteiger charge is -2.35. The third-order valence-electron chi connectivity index (χ3n) is 3.75. The minimum atomic E-state index is -0.408. The predicted molar refractivity (Wildman–Crippen MR) is 68.8 cm³/mol. The highest BCUT2D eigenvalue weighted by Crippen LogP contribution is 2.30. The number of aliphatic hydroxyl groups excluding tert-OH is 1. The molecule has 17 heavy (non-hydrogen) atoms. The van der Waals surface area contributed by atoms with E-state index >= 15 is 0 Å². The average Bonchev–Trinajstić information content (AvgIpc) is 2.37. The van der Waals surface area contributed by atoms with Gasteiger partial charge in [-0.2, -0.15) is 0 Å². The first kappa shape index (κ1) is 14.5. The summed E-state index contributed by atoms with van der Waals surface area (Å²) in [6.07, 6.45) is 4.14. The van der Waals surface area contributed by atoms with Crippen LogP contribution in [0, 0.1) is 5.41 Å². The first-order valence-electron chi connectivity index (χ1n) is 6.81. The Kier molecular flexibility index (Phi) is 5.92. The topological polar surface area (TPSA) is 61.4 Å². The van der Waals surface area contributed by atoms with Gasteiger partial charge in [0.05, 0.1) is 11.5 Å². The zero-order valence-electron chi connectivity index (χ0n) is 11.1. The van der Waals surface area contributed by atoms with Gasteiger partial charge in [-0.15, -0.1) is 0 Å². The molecule has 100 valence electrons. The molecule has 0 aromatic heterocycles. The second-order valence-electron chi connectivity index (χ2n) is 5.07. The van der Waals surface area contributed by atoms with Crippen LogP contribution in [-0.2, 0) is 4.79 Å². The average molecular weight is 242 g/mol. The van der Waals surface area contributed by atoms with Gasteiger partial charge in [0.1, 0.15) is 0 Å². The van der Waals surface area contributed by atoms with Gasteiger partial charge >= 0.3 is 0 Å². The SMILES string of the molecule is CCCC(O)CNC(=O)C1(CC)CCCNC1. The van der Waals surface area contributed by atoms with Crippen LogP contribution in [0.3, 0.4) is 0 Å². The number of rotatable bonds is 6. The van der Waals surface area contributed by atoms with Crippen molar-refractivity contribution in [1.82, 2.24) is 10.6 Å². The number of hydrogen-bond donors (Lipinski definition) is 3. The molecule has 1 aliphatic rings. The highest BCUT2D eigenvalue weighted by Gasteiger charge is 2.37. The number of piperidine rings is 1. The van der Waals surface area contributed by atoms with E-state index in [1.165, 1.54) is 0 Å². The second kappa shape index (κ2) is 6.97. The molecule has 1 amide bonds. The van der Waals surface area contributed by atoms with Gasteiger partial charge < -0.3 is 15.7 Å². The number of nitrogens with one attached hydrogen (secondary N) is 2. The van der Waals surface area contributed by atoms with Gasteiger partial charge in [-0.05, 0) is 32.2 Å². The molecule has 1 fully saturated rings. The largest absolute Gasteiger partial charge is 0.391 e. The van der Waals surface area contributed by atoms with Gasteiger partial charge in [-0.25, -0.2) is 0 Å². The Balaban J connectivity index is 2.43. The van der Waals surface area contributed by atoms with Crippen LogP contribution >= 0.6 is 0 Å². The molecule has 0 bridgehead atoms. The Hall–Kier alpha value is -0.610. The molecule has 0 aromatic rings. The Labute approximate surface area is 104 Å². The zero-order valence-corrected chi connectivity index (χ0v) is 11.1. The molecule has 2 unspecified atom stereocenters. The molecule has 4 nitrogen and oxygen atoms in total. The normalized spacial score (nSPS) is 26.5. The smallest absolute Gasteiger partial charge is 0.227 e. The molecule has 0 aliphatic carbocycles. The molecule has 0 spiro atoms. The van der Waals surface area contributed by atoms with Crippen molar-refractivity contribution in [3.63, 3.8) is 0 Å². The van der Waals surface area contributed by atoms with Crippen molar-refractivity contribution in [3.05, 3.63) is 0 Å². The van der Waals surface area contributed by atoms with Gasteiger partial charge in [-0.3, -0.25) is 4.79 Å². The highest BCUT2D eigenvalue weighted by molar-refractivity contribution is 5.83. The predicted octanol–water partition coefficient (Wildman–Crippen LogP) is 1.04. The maximum Gasteiger partial charge on any atom is 0.227 e. The monoisotopic (exact) mass is 242 g/mol. The Morgan fingerprint density at radius 2 is 2.29 bits per heavy atom.